The number of rotatable bonds is 8. The summed E-state index contributed by atoms with van der Waals surface area (Å²) in [4.78, 5) is 2.63. The molecule has 0 aromatic carbocycles. The zero-order valence-corrected chi connectivity index (χ0v) is 10.7. The van der Waals surface area contributed by atoms with Crippen molar-refractivity contribution in [2.75, 3.05) is 13.1 Å². The van der Waals surface area contributed by atoms with Crippen molar-refractivity contribution in [3.05, 3.63) is 0 Å². The lowest BCUT2D eigenvalue weighted by Crippen LogP contribution is -2.42. The van der Waals surface area contributed by atoms with E-state index in [0.29, 0.717) is 12.0 Å². The van der Waals surface area contributed by atoms with Gasteiger partial charge in [-0.2, -0.15) is 0 Å². The van der Waals surface area contributed by atoms with Crippen molar-refractivity contribution < 1.29 is 0 Å². The first-order valence-electron chi connectivity index (χ1n) is 6.68. The third-order valence-electron chi connectivity index (χ3n) is 3.68. The molecule has 1 fully saturated rings. The maximum absolute atomic E-state index is 6.22. The van der Waals surface area contributed by atoms with Gasteiger partial charge in [-0.15, -0.1) is 0 Å². The van der Waals surface area contributed by atoms with Crippen LogP contribution in [0.4, 0.5) is 0 Å². The van der Waals surface area contributed by atoms with Crippen LogP contribution in [-0.4, -0.2) is 30.1 Å². The van der Waals surface area contributed by atoms with Gasteiger partial charge < -0.3 is 5.73 Å². The van der Waals surface area contributed by atoms with Crippen molar-refractivity contribution in [2.24, 2.45) is 11.7 Å². The number of hydrogen-bond acceptors (Lipinski definition) is 2. The standard InChI is InChI=1S/C13H28N2/c1-4-6-9-15(12-7-8-12)10-13(14)11(3)5-2/h11-13H,4-10,14H2,1-3H3. The molecule has 90 valence electrons. The lowest BCUT2D eigenvalue weighted by atomic mass is 9.99. The summed E-state index contributed by atoms with van der Waals surface area (Å²) >= 11 is 0. The van der Waals surface area contributed by atoms with Crippen LogP contribution in [0.15, 0.2) is 0 Å². The summed E-state index contributed by atoms with van der Waals surface area (Å²) in [5, 5.41) is 0. The van der Waals surface area contributed by atoms with Crippen molar-refractivity contribution in [3.8, 4) is 0 Å². The Balaban J connectivity index is 2.29. The highest BCUT2D eigenvalue weighted by molar-refractivity contribution is 4.87. The molecule has 0 radical (unpaired) electrons. The molecule has 0 aromatic rings. The summed E-state index contributed by atoms with van der Waals surface area (Å²) in [5.41, 5.74) is 6.22. The summed E-state index contributed by atoms with van der Waals surface area (Å²) in [6.07, 6.45) is 6.62. The van der Waals surface area contributed by atoms with Gasteiger partial charge in [0.2, 0.25) is 0 Å². The normalized spacial score (nSPS) is 20.6. The van der Waals surface area contributed by atoms with Crippen molar-refractivity contribution in [2.45, 2.75) is 65.0 Å². The van der Waals surface area contributed by atoms with E-state index in [0.717, 1.165) is 12.6 Å². The van der Waals surface area contributed by atoms with Crippen LogP contribution in [0.1, 0.15) is 52.9 Å². The van der Waals surface area contributed by atoms with Crippen molar-refractivity contribution in [1.29, 1.82) is 0 Å². The first-order valence-corrected chi connectivity index (χ1v) is 6.68. The molecular weight excluding hydrogens is 184 g/mol. The fourth-order valence-corrected chi connectivity index (χ4v) is 1.98. The van der Waals surface area contributed by atoms with E-state index in [1.165, 1.54) is 38.6 Å². The first-order chi connectivity index (χ1) is 7.19. The van der Waals surface area contributed by atoms with Crippen molar-refractivity contribution in [1.82, 2.24) is 4.90 Å². The van der Waals surface area contributed by atoms with E-state index in [-0.39, 0.29) is 0 Å². The molecule has 0 amide bonds. The molecule has 1 aliphatic carbocycles. The van der Waals surface area contributed by atoms with Gasteiger partial charge in [0.25, 0.3) is 0 Å². The van der Waals surface area contributed by atoms with Gasteiger partial charge >= 0.3 is 0 Å². The van der Waals surface area contributed by atoms with Gasteiger partial charge in [0.1, 0.15) is 0 Å². The Bertz CT molecular complexity index is 166. The molecule has 1 rings (SSSR count). The number of unbranched alkanes of at least 4 members (excludes halogenated alkanes) is 1. The fraction of sp³-hybridized carbons (Fsp3) is 1.00. The molecule has 1 aliphatic rings. The Morgan fingerprint density at radius 2 is 2.00 bits per heavy atom. The molecule has 2 unspecified atom stereocenters. The molecule has 0 heterocycles. The summed E-state index contributed by atoms with van der Waals surface area (Å²) in [5.74, 6) is 0.660. The van der Waals surface area contributed by atoms with Crippen LogP contribution in [-0.2, 0) is 0 Å². The lowest BCUT2D eigenvalue weighted by Gasteiger charge is -2.28. The Labute approximate surface area is 95.2 Å². The first kappa shape index (κ1) is 13.0. The van der Waals surface area contributed by atoms with Crippen LogP contribution in [0, 0.1) is 5.92 Å². The van der Waals surface area contributed by atoms with E-state index < -0.39 is 0 Å². The van der Waals surface area contributed by atoms with Gasteiger partial charge in [0, 0.05) is 18.6 Å². The highest BCUT2D eigenvalue weighted by Gasteiger charge is 2.29. The second-order valence-electron chi connectivity index (χ2n) is 5.13. The maximum atomic E-state index is 6.22. The molecule has 2 heteroatoms. The smallest absolute Gasteiger partial charge is 0.0193 e. The number of nitrogens with two attached hydrogens (primary N) is 1. The third-order valence-corrected chi connectivity index (χ3v) is 3.68. The maximum Gasteiger partial charge on any atom is 0.0193 e. The van der Waals surface area contributed by atoms with Gasteiger partial charge in [-0.25, -0.2) is 0 Å². The molecule has 2 N–H and O–H groups in total. The second-order valence-corrected chi connectivity index (χ2v) is 5.13. The van der Waals surface area contributed by atoms with Crippen LogP contribution in [0.5, 0.6) is 0 Å². The highest BCUT2D eigenvalue weighted by atomic mass is 15.2. The quantitative estimate of drug-likeness (QED) is 0.670. The SMILES string of the molecule is CCCCN(CC(N)C(C)CC)C1CC1. The van der Waals surface area contributed by atoms with Crippen molar-refractivity contribution in [3.63, 3.8) is 0 Å². The van der Waals surface area contributed by atoms with Gasteiger partial charge in [-0.1, -0.05) is 33.6 Å². The van der Waals surface area contributed by atoms with E-state index in [9.17, 15) is 0 Å². The van der Waals surface area contributed by atoms with Gasteiger partial charge in [-0.3, -0.25) is 4.90 Å². The minimum Gasteiger partial charge on any atom is -0.326 e. The summed E-state index contributed by atoms with van der Waals surface area (Å²) in [6.45, 7) is 9.14. The lowest BCUT2D eigenvalue weighted by molar-refractivity contribution is 0.220. The van der Waals surface area contributed by atoms with Crippen LogP contribution in [0.25, 0.3) is 0 Å². The molecule has 1 saturated carbocycles. The minimum absolute atomic E-state index is 0.368. The second kappa shape index (κ2) is 6.49. The van der Waals surface area contributed by atoms with Crippen molar-refractivity contribution >= 4 is 0 Å². The third kappa shape index (κ3) is 4.52. The Kier molecular flexibility index (Phi) is 5.62. The van der Waals surface area contributed by atoms with E-state index in [4.69, 9.17) is 5.73 Å². The average Bonchev–Trinajstić information content (AvgIpc) is 3.06. The van der Waals surface area contributed by atoms with Gasteiger partial charge in [0.15, 0.2) is 0 Å². The molecule has 2 nitrogen and oxygen atoms in total. The zero-order chi connectivity index (χ0) is 11.3. The minimum atomic E-state index is 0.368. The predicted octanol–water partition coefficient (Wildman–Crippen LogP) is 2.62. The van der Waals surface area contributed by atoms with Crippen LogP contribution >= 0.6 is 0 Å². The summed E-state index contributed by atoms with van der Waals surface area (Å²) < 4.78 is 0. The van der Waals surface area contributed by atoms with E-state index in [1.807, 2.05) is 0 Å². The largest absolute Gasteiger partial charge is 0.326 e. The number of hydrogen-bond donors (Lipinski definition) is 1. The zero-order valence-electron chi connectivity index (χ0n) is 10.7. The Hall–Kier alpha value is -0.0800. The molecule has 0 spiro atoms. The summed E-state index contributed by atoms with van der Waals surface area (Å²) in [7, 11) is 0. The highest BCUT2D eigenvalue weighted by Crippen LogP contribution is 2.27. The van der Waals surface area contributed by atoms with Crippen LogP contribution < -0.4 is 5.73 Å². The molecule has 0 saturated heterocycles. The van der Waals surface area contributed by atoms with Crippen LogP contribution in [0.3, 0.4) is 0 Å². The van der Waals surface area contributed by atoms with Gasteiger partial charge in [-0.05, 0) is 31.7 Å². The Morgan fingerprint density at radius 3 is 2.47 bits per heavy atom. The fourth-order valence-electron chi connectivity index (χ4n) is 1.98. The molecule has 2 atom stereocenters. The average molecular weight is 212 g/mol. The predicted molar refractivity (Wildman–Crippen MR) is 66.9 cm³/mol. The van der Waals surface area contributed by atoms with Gasteiger partial charge in [0.05, 0.1) is 0 Å². The van der Waals surface area contributed by atoms with Crippen LogP contribution in [0.2, 0.25) is 0 Å². The van der Waals surface area contributed by atoms with E-state index >= 15 is 0 Å². The molecule has 0 bridgehead atoms. The number of nitrogens with zero attached hydrogens (tertiary/aromatic N) is 1. The Morgan fingerprint density at radius 1 is 1.33 bits per heavy atom. The molecule has 0 aliphatic heterocycles. The molecule has 0 aromatic heterocycles. The molecular formula is C13H28N2. The summed E-state index contributed by atoms with van der Waals surface area (Å²) in [6, 6.07) is 1.24. The monoisotopic (exact) mass is 212 g/mol. The molecule has 15 heavy (non-hydrogen) atoms. The topological polar surface area (TPSA) is 29.3 Å². The van der Waals surface area contributed by atoms with E-state index in [1.54, 1.807) is 0 Å². The van der Waals surface area contributed by atoms with E-state index in [2.05, 4.69) is 25.7 Å².